The molecule has 5 aromatic carbocycles. The molecule has 4 aliphatic rings. The molecular weight excluding hydrogens is 641 g/mol. The second kappa shape index (κ2) is 11.1. The summed E-state index contributed by atoms with van der Waals surface area (Å²) >= 11 is 2.95. The summed E-state index contributed by atoms with van der Waals surface area (Å²) in [5.74, 6) is -3.48. The molecule has 4 unspecified atom stereocenters. The molecule has 0 N–H and O–H groups in total. The third-order valence-electron chi connectivity index (χ3n) is 9.21. The van der Waals surface area contributed by atoms with Gasteiger partial charge in [-0.3, -0.25) is 38.8 Å². The quantitative estimate of drug-likeness (QED) is 0.197. The largest absolute Gasteiger partial charge is 0.280 e. The van der Waals surface area contributed by atoms with E-state index in [-0.39, 0.29) is 23.6 Å². The Labute approximate surface area is 284 Å². The molecule has 5 aromatic rings. The van der Waals surface area contributed by atoms with Gasteiger partial charge in [-0.05, 0) is 59.7 Å². The van der Waals surface area contributed by atoms with Gasteiger partial charge in [0.1, 0.15) is 11.8 Å². The van der Waals surface area contributed by atoms with Gasteiger partial charge >= 0.3 is 0 Å². The van der Waals surface area contributed by atoms with Gasteiger partial charge in [0.15, 0.2) is 11.0 Å². The summed E-state index contributed by atoms with van der Waals surface area (Å²) in [5, 5.41) is 0. The Balaban J connectivity index is 1.10. The minimum Gasteiger partial charge on any atom is -0.280 e. The van der Waals surface area contributed by atoms with Crippen molar-refractivity contribution in [2.45, 2.75) is 32.6 Å². The average molecular weight is 667 g/mol. The molecule has 0 spiro atoms. The van der Waals surface area contributed by atoms with Gasteiger partial charge < -0.3 is 0 Å². The monoisotopic (exact) mass is 666 g/mol. The average Bonchev–Trinajstić information content (AvgIpc) is 3.69. The van der Waals surface area contributed by atoms with Crippen LogP contribution in [0.25, 0.3) is 0 Å². The second-order valence-electron chi connectivity index (χ2n) is 11.9. The number of carbonyl (C=O) groups is 4. The van der Waals surface area contributed by atoms with E-state index >= 15 is 0 Å². The lowest BCUT2D eigenvalue weighted by Crippen LogP contribution is -2.60. The summed E-state index contributed by atoms with van der Waals surface area (Å²) in [6, 6.07) is 41.0. The van der Waals surface area contributed by atoms with Crippen molar-refractivity contribution in [2.24, 2.45) is 0 Å². The highest BCUT2D eigenvalue weighted by Gasteiger charge is 2.53. The molecule has 4 amide bonds. The topological polar surface area (TPSA) is 81.2 Å². The van der Waals surface area contributed by atoms with Gasteiger partial charge in [0.05, 0.1) is 11.4 Å². The first-order valence-corrected chi connectivity index (χ1v) is 17.3. The van der Waals surface area contributed by atoms with E-state index in [0.717, 1.165) is 21.2 Å². The van der Waals surface area contributed by atoms with Gasteiger partial charge in [0.2, 0.25) is 23.6 Å². The number of carbonyl (C=O) groups excluding carboxylic acids is 4. The van der Waals surface area contributed by atoms with E-state index in [1.54, 1.807) is 43.9 Å². The van der Waals surface area contributed by atoms with Crippen molar-refractivity contribution in [1.82, 2.24) is 0 Å². The molecule has 0 radical (unpaired) electrons. The molecule has 10 heteroatoms. The third kappa shape index (κ3) is 4.26. The van der Waals surface area contributed by atoms with E-state index in [9.17, 15) is 19.2 Å². The highest BCUT2D eigenvalue weighted by Crippen LogP contribution is 2.51. The zero-order chi connectivity index (χ0) is 32.5. The molecule has 4 heterocycles. The lowest BCUT2D eigenvalue weighted by molar-refractivity contribution is -0.132. The van der Waals surface area contributed by atoms with E-state index in [2.05, 4.69) is 0 Å². The molecule has 0 saturated carbocycles. The highest BCUT2D eigenvalue weighted by atomic mass is 32.2. The molecule has 48 heavy (non-hydrogen) atoms. The van der Waals surface area contributed by atoms with E-state index in [1.807, 2.05) is 109 Å². The number of anilines is 4. The number of hydrogen-bond acceptors (Lipinski definition) is 6. The molecule has 234 valence electrons. The maximum atomic E-state index is 14.3. The maximum absolute atomic E-state index is 14.3. The van der Waals surface area contributed by atoms with Crippen molar-refractivity contribution >= 4 is 69.9 Å². The summed E-state index contributed by atoms with van der Waals surface area (Å²) in [5.41, 5.74) is 2.84. The number of hydrogen-bond donors (Lipinski definition) is 0. The van der Waals surface area contributed by atoms with Crippen LogP contribution in [0.1, 0.15) is 23.0 Å². The molecule has 9 rings (SSSR count). The summed E-state index contributed by atoms with van der Waals surface area (Å²) < 4.78 is 0. The number of thioether (sulfide) groups is 2. The number of para-hydroxylation sites is 4. The normalized spacial score (nSPS) is 22.8. The summed E-state index contributed by atoms with van der Waals surface area (Å²) in [7, 11) is 0. The first-order chi connectivity index (χ1) is 23.5. The maximum Gasteiger partial charge on any atom is 0.246 e. The molecule has 0 aromatic heterocycles. The Kier molecular flexibility index (Phi) is 6.70. The van der Waals surface area contributed by atoms with Gasteiger partial charge in [-0.1, -0.05) is 108 Å². The highest BCUT2D eigenvalue weighted by molar-refractivity contribution is 8.01. The number of fused-ring (bicyclic) bond motifs is 6. The standard InChI is InChI=1S/C38H26N4O4S2/c43-33-31(35(45)41-27-15-7-9-17-29(27)47-37(41)39(33)25-11-3-1-4-12-25)23-19-21-24(22-20-23)32-34(44)40(26-13-5-2-6-14-26)38-42(36(32)46)28-16-8-10-18-30(28)48-38/h1-22,31-32,37-38H. The molecule has 8 nitrogen and oxygen atoms in total. The minimum atomic E-state index is -1.10. The first-order valence-electron chi connectivity index (χ1n) is 15.5. The SMILES string of the molecule is O=C1C(c2ccc(C3C(=O)N(c4ccccc4)C4Sc5ccccc5N4C3=O)cc2)C(=O)N2c3ccccc3SC2N1c1ccccc1. The van der Waals surface area contributed by atoms with Crippen molar-refractivity contribution in [1.29, 1.82) is 0 Å². The van der Waals surface area contributed by atoms with Crippen LogP contribution >= 0.6 is 23.5 Å². The van der Waals surface area contributed by atoms with Crippen LogP contribution < -0.4 is 19.6 Å². The van der Waals surface area contributed by atoms with Crippen LogP contribution in [0, 0.1) is 0 Å². The summed E-state index contributed by atoms with van der Waals surface area (Å²) in [4.78, 5) is 65.7. The summed E-state index contributed by atoms with van der Waals surface area (Å²) in [6.45, 7) is 0. The van der Waals surface area contributed by atoms with Crippen LogP contribution in [0.5, 0.6) is 0 Å². The number of rotatable bonds is 4. The van der Waals surface area contributed by atoms with Gasteiger partial charge in [0, 0.05) is 21.2 Å². The fourth-order valence-electron chi connectivity index (χ4n) is 7.00. The van der Waals surface area contributed by atoms with Gasteiger partial charge in [0.25, 0.3) is 0 Å². The van der Waals surface area contributed by atoms with E-state index in [1.165, 1.54) is 23.5 Å². The predicted octanol–water partition coefficient (Wildman–Crippen LogP) is 6.79. The minimum absolute atomic E-state index is 0.309. The summed E-state index contributed by atoms with van der Waals surface area (Å²) in [6.07, 6.45) is 0. The fraction of sp³-hybridized carbons (Fsp3) is 0.105. The van der Waals surface area contributed by atoms with Gasteiger partial charge in [-0.2, -0.15) is 0 Å². The molecule has 4 aliphatic heterocycles. The Hall–Kier alpha value is -5.32. The van der Waals surface area contributed by atoms with E-state index in [4.69, 9.17) is 0 Å². The Morgan fingerprint density at radius 3 is 1.10 bits per heavy atom. The number of nitrogens with zero attached hydrogens (tertiary/aromatic N) is 4. The second-order valence-corrected chi connectivity index (χ2v) is 14.1. The van der Waals surface area contributed by atoms with Crippen molar-refractivity contribution in [3.05, 3.63) is 145 Å². The molecular formula is C38H26N4O4S2. The molecule has 0 bridgehead atoms. The lowest BCUT2D eigenvalue weighted by Gasteiger charge is -2.42. The zero-order valence-electron chi connectivity index (χ0n) is 25.2. The first kappa shape index (κ1) is 28.9. The number of benzene rings is 5. The third-order valence-corrected chi connectivity index (χ3v) is 11.7. The van der Waals surface area contributed by atoms with Crippen LogP contribution in [0.15, 0.2) is 143 Å². The van der Waals surface area contributed by atoms with Crippen LogP contribution in [-0.2, 0) is 19.2 Å². The Morgan fingerprint density at radius 1 is 0.375 bits per heavy atom. The van der Waals surface area contributed by atoms with Crippen LogP contribution in [0.4, 0.5) is 22.7 Å². The molecule has 2 saturated heterocycles. The van der Waals surface area contributed by atoms with Crippen LogP contribution in [0.2, 0.25) is 0 Å². The number of amides is 4. The van der Waals surface area contributed by atoms with Crippen LogP contribution in [-0.4, -0.2) is 34.6 Å². The zero-order valence-corrected chi connectivity index (χ0v) is 26.9. The van der Waals surface area contributed by atoms with Crippen molar-refractivity contribution in [2.75, 3.05) is 19.6 Å². The van der Waals surface area contributed by atoms with E-state index < -0.39 is 22.8 Å². The fourth-order valence-corrected chi connectivity index (χ4v) is 9.65. The van der Waals surface area contributed by atoms with Gasteiger partial charge in [-0.25, -0.2) is 0 Å². The Morgan fingerprint density at radius 2 is 0.708 bits per heavy atom. The molecule has 2 fully saturated rings. The van der Waals surface area contributed by atoms with Crippen molar-refractivity contribution in [3.63, 3.8) is 0 Å². The molecule has 4 atom stereocenters. The predicted molar refractivity (Wildman–Crippen MR) is 187 cm³/mol. The van der Waals surface area contributed by atoms with Crippen molar-refractivity contribution in [3.8, 4) is 0 Å². The lowest BCUT2D eigenvalue weighted by atomic mass is 9.89. The Bertz CT molecular complexity index is 1980. The molecule has 0 aliphatic carbocycles. The van der Waals surface area contributed by atoms with Crippen LogP contribution in [0.3, 0.4) is 0 Å². The smallest absolute Gasteiger partial charge is 0.246 e. The van der Waals surface area contributed by atoms with E-state index in [0.29, 0.717) is 22.5 Å². The van der Waals surface area contributed by atoms with Gasteiger partial charge in [-0.15, -0.1) is 0 Å². The van der Waals surface area contributed by atoms with Crippen molar-refractivity contribution < 1.29 is 19.2 Å².